The SMILES string of the molecule is Clc1cccc(CC(Cl)c2ccncc2)c1. The molecule has 1 unspecified atom stereocenters. The molecule has 82 valence electrons. The molecule has 0 spiro atoms. The molecule has 2 rings (SSSR count). The highest BCUT2D eigenvalue weighted by atomic mass is 35.5. The monoisotopic (exact) mass is 251 g/mol. The molecule has 2 aromatic rings. The molecule has 0 fully saturated rings. The van der Waals surface area contributed by atoms with Crippen molar-refractivity contribution in [2.75, 3.05) is 0 Å². The Bertz CT molecular complexity index is 456. The molecule has 0 bridgehead atoms. The first-order valence-corrected chi connectivity index (χ1v) is 5.85. The zero-order valence-corrected chi connectivity index (χ0v) is 10.1. The van der Waals surface area contributed by atoms with Crippen molar-refractivity contribution in [3.8, 4) is 0 Å². The van der Waals surface area contributed by atoms with Crippen LogP contribution < -0.4 is 0 Å². The van der Waals surface area contributed by atoms with E-state index in [9.17, 15) is 0 Å². The molecular formula is C13H11Cl2N. The number of rotatable bonds is 3. The predicted octanol–water partition coefficient (Wildman–Crippen LogP) is 4.26. The Labute approximate surface area is 105 Å². The van der Waals surface area contributed by atoms with Crippen LogP contribution in [0.1, 0.15) is 16.5 Å². The highest BCUT2D eigenvalue weighted by Gasteiger charge is 2.08. The summed E-state index contributed by atoms with van der Waals surface area (Å²) in [5.74, 6) is 0. The first-order chi connectivity index (χ1) is 7.75. The van der Waals surface area contributed by atoms with Crippen LogP contribution in [-0.2, 0) is 6.42 Å². The van der Waals surface area contributed by atoms with Gasteiger partial charge in [-0.1, -0.05) is 23.7 Å². The molecule has 1 heterocycles. The van der Waals surface area contributed by atoms with Crippen molar-refractivity contribution in [3.63, 3.8) is 0 Å². The topological polar surface area (TPSA) is 12.9 Å². The van der Waals surface area contributed by atoms with Crippen molar-refractivity contribution >= 4 is 23.2 Å². The van der Waals surface area contributed by atoms with Crippen molar-refractivity contribution in [2.24, 2.45) is 0 Å². The van der Waals surface area contributed by atoms with Crippen molar-refractivity contribution in [1.29, 1.82) is 0 Å². The van der Waals surface area contributed by atoms with Gasteiger partial charge in [0.2, 0.25) is 0 Å². The predicted molar refractivity (Wildman–Crippen MR) is 68.0 cm³/mol. The van der Waals surface area contributed by atoms with Gasteiger partial charge in [-0.05, 0) is 41.8 Å². The summed E-state index contributed by atoms with van der Waals surface area (Å²) in [7, 11) is 0. The lowest BCUT2D eigenvalue weighted by atomic mass is 10.1. The summed E-state index contributed by atoms with van der Waals surface area (Å²) >= 11 is 12.2. The van der Waals surface area contributed by atoms with Gasteiger partial charge in [-0.3, -0.25) is 4.98 Å². The number of hydrogen-bond acceptors (Lipinski definition) is 1. The van der Waals surface area contributed by atoms with Crippen LogP contribution in [0, 0.1) is 0 Å². The minimum Gasteiger partial charge on any atom is -0.265 e. The Morgan fingerprint density at radius 2 is 1.88 bits per heavy atom. The van der Waals surface area contributed by atoms with E-state index < -0.39 is 0 Å². The molecule has 0 N–H and O–H groups in total. The van der Waals surface area contributed by atoms with Crippen LogP contribution in [0.25, 0.3) is 0 Å². The molecule has 1 atom stereocenters. The van der Waals surface area contributed by atoms with Gasteiger partial charge >= 0.3 is 0 Å². The lowest BCUT2D eigenvalue weighted by Gasteiger charge is -2.09. The van der Waals surface area contributed by atoms with E-state index in [2.05, 4.69) is 4.98 Å². The first-order valence-electron chi connectivity index (χ1n) is 5.04. The third-order valence-electron chi connectivity index (χ3n) is 2.37. The standard InChI is InChI=1S/C13H11Cl2N/c14-12-3-1-2-10(8-12)9-13(15)11-4-6-16-7-5-11/h1-8,13H,9H2. The highest BCUT2D eigenvalue weighted by molar-refractivity contribution is 6.30. The van der Waals surface area contributed by atoms with Gasteiger partial charge < -0.3 is 0 Å². The van der Waals surface area contributed by atoms with Crippen molar-refractivity contribution in [1.82, 2.24) is 4.98 Å². The van der Waals surface area contributed by atoms with E-state index >= 15 is 0 Å². The summed E-state index contributed by atoms with van der Waals surface area (Å²) in [6.45, 7) is 0. The quantitative estimate of drug-likeness (QED) is 0.744. The van der Waals surface area contributed by atoms with Crippen LogP contribution in [0.15, 0.2) is 48.8 Å². The molecule has 0 amide bonds. The zero-order chi connectivity index (χ0) is 11.4. The normalized spacial score (nSPS) is 12.4. The molecule has 0 saturated heterocycles. The van der Waals surface area contributed by atoms with Gasteiger partial charge in [0.1, 0.15) is 0 Å². The van der Waals surface area contributed by atoms with Gasteiger partial charge in [-0.25, -0.2) is 0 Å². The Kier molecular flexibility index (Phi) is 3.81. The Hall–Kier alpha value is -1.05. The molecule has 0 radical (unpaired) electrons. The molecule has 0 saturated carbocycles. The summed E-state index contributed by atoms with van der Waals surface area (Å²) in [4.78, 5) is 3.97. The molecule has 16 heavy (non-hydrogen) atoms. The van der Waals surface area contributed by atoms with E-state index in [4.69, 9.17) is 23.2 Å². The van der Waals surface area contributed by atoms with Crippen LogP contribution in [0.3, 0.4) is 0 Å². The van der Waals surface area contributed by atoms with E-state index in [-0.39, 0.29) is 5.38 Å². The number of benzene rings is 1. The molecule has 0 aliphatic carbocycles. The minimum atomic E-state index is -0.0403. The second kappa shape index (κ2) is 5.33. The number of halogens is 2. The highest BCUT2D eigenvalue weighted by Crippen LogP contribution is 2.25. The fraction of sp³-hybridized carbons (Fsp3) is 0.154. The second-order valence-corrected chi connectivity index (χ2v) is 4.55. The molecular weight excluding hydrogens is 241 g/mol. The fourth-order valence-corrected chi connectivity index (χ4v) is 2.10. The lowest BCUT2D eigenvalue weighted by Crippen LogP contribution is -1.95. The number of aromatic nitrogens is 1. The zero-order valence-electron chi connectivity index (χ0n) is 8.61. The van der Waals surface area contributed by atoms with Crippen molar-refractivity contribution in [3.05, 3.63) is 64.9 Å². The van der Waals surface area contributed by atoms with Gasteiger partial charge in [0.15, 0.2) is 0 Å². The van der Waals surface area contributed by atoms with Gasteiger partial charge in [-0.2, -0.15) is 0 Å². The number of hydrogen-bond donors (Lipinski definition) is 0. The number of pyridine rings is 1. The van der Waals surface area contributed by atoms with Crippen LogP contribution in [0.2, 0.25) is 5.02 Å². The van der Waals surface area contributed by atoms with Crippen molar-refractivity contribution < 1.29 is 0 Å². The average Bonchev–Trinajstić information content (AvgIpc) is 2.30. The summed E-state index contributed by atoms with van der Waals surface area (Å²) in [5, 5.41) is 0.706. The molecule has 1 nitrogen and oxygen atoms in total. The van der Waals surface area contributed by atoms with Gasteiger partial charge in [0.05, 0.1) is 5.38 Å². The van der Waals surface area contributed by atoms with E-state index in [1.165, 1.54) is 0 Å². The first kappa shape index (κ1) is 11.4. The Balaban J connectivity index is 2.11. The van der Waals surface area contributed by atoms with E-state index in [0.29, 0.717) is 0 Å². The van der Waals surface area contributed by atoms with Crippen LogP contribution >= 0.6 is 23.2 Å². The number of nitrogens with zero attached hydrogens (tertiary/aromatic N) is 1. The molecule has 3 heteroatoms. The fourth-order valence-electron chi connectivity index (χ4n) is 1.56. The van der Waals surface area contributed by atoms with Gasteiger partial charge in [-0.15, -0.1) is 11.6 Å². The average molecular weight is 252 g/mol. The third kappa shape index (κ3) is 2.97. The summed E-state index contributed by atoms with van der Waals surface area (Å²) in [5.41, 5.74) is 2.22. The largest absolute Gasteiger partial charge is 0.265 e. The maximum Gasteiger partial charge on any atom is 0.0626 e. The second-order valence-electron chi connectivity index (χ2n) is 3.58. The third-order valence-corrected chi connectivity index (χ3v) is 3.01. The van der Waals surface area contributed by atoms with Crippen LogP contribution in [-0.4, -0.2) is 4.98 Å². The van der Waals surface area contributed by atoms with Crippen LogP contribution in [0.4, 0.5) is 0 Å². The van der Waals surface area contributed by atoms with E-state index in [1.54, 1.807) is 12.4 Å². The smallest absolute Gasteiger partial charge is 0.0626 e. The number of alkyl halides is 1. The van der Waals surface area contributed by atoms with E-state index in [0.717, 1.165) is 22.6 Å². The molecule has 1 aromatic carbocycles. The molecule has 0 aliphatic rings. The molecule has 1 aromatic heterocycles. The Morgan fingerprint density at radius 1 is 1.12 bits per heavy atom. The van der Waals surface area contributed by atoms with Gasteiger partial charge in [0, 0.05) is 17.4 Å². The summed E-state index contributed by atoms with van der Waals surface area (Å²) < 4.78 is 0. The maximum atomic E-state index is 6.32. The van der Waals surface area contributed by atoms with Crippen LogP contribution in [0.5, 0.6) is 0 Å². The maximum absolute atomic E-state index is 6.32. The lowest BCUT2D eigenvalue weighted by molar-refractivity contribution is 0.916. The Morgan fingerprint density at radius 3 is 2.56 bits per heavy atom. The van der Waals surface area contributed by atoms with E-state index in [1.807, 2.05) is 36.4 Å². The minimum absolute atomic E-state index is 0.0403. The molecule has 0 aliphatic heterocycles. The van der Waals surface area contributed by atoms with Crippen molar-refractivity contribution in [2.45, 2.75) is 11.8 Å². The van der Waals surface area contributed by atoms with Gasteiger partial charge in [0.25, 0.3) is 0 Å². The summed E-state index contributed by atoms with van der Waals surface area (Å²) in [6.07, 6.45) is 4.28. The summed E-state index contributed by atoms with van der Waals surface area (Å²) in [6, 6.07) is 11.6.